The zero-order valence-electron chi connectivity index (χ0n) is 31.4. The Bertz CT molecular complexity index is 2230. The van der Waals surface area contributed by atoms with E-state index in [0.29, 0.717) is 35.4 Å². The molecule has 0 radical (unpaired) electrons. The molecule has 2 aromatic carbocycles. The lowest BCUT2D eigenvalue weighted by molar-refractivity contribution is -0.142. The van der Waals surface area contributed by atoms with Crippen LogP contribution in [-0.2, 0) is 58.9 Å². The van der Waals surface area contributed by atoms with Gasteiger partial charge in [0.25, 0.3) is 0 Å². The van der Waals surface area contributed by atoms with Crippen LogP contribution < -0.4 is 11.1 Å². The third-order valence-electron chi connectivity index (χ3n) is 8.89. The number of esters is 1. The topological polar surface area (TPSA) is 160 Å². The summed E-state index contributed by atoms with van der Waals surface area (Å²) in [7, 11) is 3.62. The van der Waals surface area contributed by atoms with Crippen molar-refractivity contribution >= 4 is 40.7 Å². The van der Waals surface area contributed by atoms with Crippen LogP contribution in [0.5, 0.6) is 0 Å². The maximum Gasteiger partial charge on any atom is 0.319 e. The molecular weight excluding hydrogens is 751 g/mol. The van der Waals surface area contributed by atoms with E-state index in [-0.39, 0.29) is 36.9 Å². The molecule has 6 rings (SSSR count). The summed E-state index contributed by atoms with van der Waals surface area (Å²) in [6, 6.07) is 29.3. The van der Waals surface area contributed by atoms with Gasteiger partial charge in [-0.2, -0.15) is 10.2 Å². The Kier molecular flexibility index (Phi) is 15.2. The van der Waals surface area contributed by atoms with Crippen LogP contribution in [0, 0.1) is 0 Å². The molecule has 0 saturated heterocycles. The van der Waals surface area contributed by atoms with E-state index in [1.807, 2.05) is 92.0 Å². The number of benzene rings is 2. The molecule has 0 unspecified atom stereocenters. The van der Waals surface area contributed by atoms with Crippen LogP contribution in [0.3, 0.4) is 0 Å². The maximum atomic E-state index is 13.2. The zero-order chi connectivity index (χ0) is 40.0. The molecule has 0 fully saturated rings. The van der Waals surface area contributed by atoms with Crippen LogP contribution in [0.25, 0.3) is 22.5 Å². The van der Waals surface area contributed by atoms with Crippen molar-refractivity contribution in [2.75, 3.05) is 13.2 Å². The van der Waals surface area contributed by atoms with Gasteiger partial charge in [-0.05, 0) is 67.3 Å². The molecule has 12 nitrogen and oxygen atoms in total. The first-order chi connectivity index (χ1) is 27.0. The van der Waals surface area contributed by atoms with Crippen molar-refractivity contribution in [3.8, 4) is 22.5 Å². The maximum absolute atomic E-state index is 13.2. The molecule has 290 valence electrons. The largest absolute Gasteiger partial charge is 0.465 e. The summed E-state index contributed by atoms with van der Waals surface area (Å²) in [5.74, 6) is -0.424. The summed E-state index contributed by atoms with van der Waals surface area (Å²) >= 11 is 11.9. The molecule has 0 amide bonds. The summed E-state index contributed by atoms with van der Waals surface area (Å²) in [4.78, 5) is 45.4. The third kappa shape index (κ3) is 12.2. The zero-order valence-corrected chi connectivity index (χ0v) is 33.0. The van der Waals surface area contributed by atoms with E-state index < -0.39 is 12.1 Å². The minimum absolute atomic E-state index is 0.00818. The van der Waals surface area contributed by atoms with E-state index in [9.17, 15) is 14.4 Å². The molecule has 0 saturated carbocycles. The average Bonchev–Trinajstić information content (AvgIpc) is 3.75. The molecule has 0 aliphatic carbocycles. The molecule has 56 heavy (non-hydrogen) atoms. The number of rotatable bonds is 16. The van der Waals surface area contributed by atoms with Gasteiger partial charge in [0.2, 0.25) is 0 Å². The fourth-order valence-corrected chi connectivity index (χ4v) is 6.26. The Hall–Kier alpha value is -5.53. The lowest BCUT2D eigenvalue weighted by Gasteiger charge is -2.17. The molecule has 6 aromatic rings. The number of carbonyl (C=O) groups excluding carboxylic acids is 3. The van der Waals surface area contributed by atoms with Crippen molar-refractivity contribution in [1.82, 2.24) is 34.8 Å². The number of pyridine rings is 2. The number of nitrogens with one attached hydrogen (secondary N) is 1. The number of hydrogen-bond donors (Lipinski definition) is 2. The first-order valence-electron chi connectivity index (χ1n) is 18.1. The summed E-state index contributed by atoms with van der Waals surface area (Å²) in [5.41, 5.74) is 12.9. The number of aromatic nitrogens is 6. The minimum Gasteiger partial charge on any atom is -0.465 e. The van der Waals surface area contributed by atoms with Gasteiger partial charge in [0, 0.05) is 49.0 Å². The lowest BCUT2D eigenvalue weighted by Crippen LogP contribution is -2.42. The number of hydrogen-bond acceptors (Lipinski definition) is 10. The molecule has 4 aromatic heterocycles. The van der Waals surface area contributed by atoms with Crippen LogP contribution in [-0.4, -0.2) is 72.3 Å². The van der Waals surface area contributed by atoms with Gasteiger partial charge in [-0.25, -0.2) is 9.97 Å². The minimum atomic E-state index is -0.531. The van der Waals surface area contributed by atoms with Crippen LogP contribution in [0.2, 0.25) is 10.3 Å². The van der Waals surface area contributed by atoms with E-state index in [1.165, 1.54) is 0 Å². The molecule has 3 N–H and O–H groups in total. The summed E-state index contributed by atoms with van der Waals surface area (Å²) in [6.07, 6.45) is 4.68. The third-order valence-corrected chi connectivity index (χ3v) is 9.30. The van der Waals surface area contributed by atoms with Gasteiger partial charge in [0.1, 0.15) is 10.3 Å². The van der Waals surface area contributed by atoms with Gasteiger partial charge < -0.3 is 10.5 Å². The average molecular weight is 796 g/mol. The van der Waals surface area contributed by atoms with E-state index in [1.54, 1.807) is 47.9 Å². The second-order valence-electron chi connectivity index (χ2n) is 13.0. The number of halogens is 2. The van der Waals surface area contributed by atoms with Gasteiger partial charge in [-0.1, -0.05) is 83.9 Å². The number of ketones is 2. The molecular formula is C42H44Cl2N8O4. The van der Waals surface area contributed by atoms with Crippen LogP contribution in [0.1, 0.15) is 29.4 Å². The number of nitrogens with two attached hydrogens (primary N) is 1. The van der Waals surface area contributed by atoms with E-state index >= 15 is 0 Å². The molecule has 0 aliphatic rings. The van der Waals surface area contributed by atoms with Crippen molar-refractivity contribution < 1.29 is 19.1 Å². The highest BCUT2D eigenvalue weighted by atomic mass is 35.5. The second-order valence-corrected chi connectivity index (χ2v) is 13.8. The Morgan fingerprint density at radius 3 is 1.68 bits per heavy atom. The molecule has 0 aliphatic heterocycles. The van der Waals surface area contributed by atoms with E-state index in [2.05, 4.69) is 25.5 Å². The number of aryl methyl sites for hydroxylation is 2. The fourth-order valence-electron chi connectivity index (χ4n) is 5.91. The first-order valence-corrected chi connectivity index (χ1v) is 18.8. The normalized spacial score (nSPS) is 12.0. The van der Waals surface area contributed by atoms with Crippen LogP contribution in [0.4, 0.5) is 0 Å². The molecule has 2 atom stereocenters. The standard InChI is InChI=1S/C23H25ClN4O3.C19H19ClN4O/c1-3-31-23(30)15-26-20(11-16-7-5-4-6-8-16)21(29)14-18-13-19(27-28(18)2)17-9-10-25-22(24)12-17;1-24-15(11-17(23-24)14-7-8-22-19(20)10-14)12-18(25)16(21)9-13-5-3-2-4-6-13/h4-10,12-13,20,26H,3,11,14-15H2,1-2H3;2-8,10-11,16H,9,12,21H2,1H3/t20-;16-/m00/s1. The van der Waals surface area contributed by atoms with Crippen LogP contribution >= 0.6 is 23.2 Å². The molecule has 4 heterocycles. The number of Topliss-reactive ketones (excluding diaryl/α,β-unsaturated/α-hetero) is 2. The van der Waals surface area contributed by atoms with E-state index in [0.717, 1.165) is 39.3 Å². The molecule has 0 bridgehead atoms. The Morgan fingerprint density at radius 2 is 1.20 bits per heavy atom. The monoisotopic (exact) mass is 794 g/mol. The SMILES string of the molecule is CCOC(=O)CN[C@@H](Cc1ccccc1)C(=O)Cc1cc(-c2ccnc(Cl)c2)nn1C.Cn1nc(-c2ccnc(Cl)c2)cc1CC(=O)[C@@H](N)Cc1ccccc1. The summed E-state index contributed by atoms with van der Waals surface area (Å²) in [6.45, 7) is 2.03. The fraction of sp³-hybridized carbons (Fsp3) is 0.262. The predicted octanol–water partition coefficient (Wildman–Crippen LogP) is 5.83. The highest BCUT2D eigenvalue weighted by Gasteiger charge is 2.22. The number of nitrogens with zero attached hydrogens (tertiary/aromatic N) is 6. The highest BCUT2D eigenvalue weighted by Crippen LogP contribution is 2.23. The smallest absolute Gasteiger partial charge is 0.319 e. The predicted molar refractivity (Wildman–Crippen MR) is 217 cm³/mol. The quantitative estimate of drug-likeness (QED) is 0.0902. The lowest BCUT2D eigenvalue weighted by atomic mass is 9.99. The van der Waals surface area contributed by atoms with Gasteiger partial charge in [0.05, 0.1) is 49.5 Å². The summed E-state index contributed by atoms with van der Waals surface area (Å²) < 4.78 is 8.37. The van der Waals surface area contributed by atoms with Crippen molar-refractivity contribution in [2.45, 2.75) is 44.7 Å². The van der Waals surface area contributed by atoms with Gasteiger partial charge >= 0.3 is 5.97 Å². The van der Waals surface area contributed by atoms with Crippen molar-refractivity contribution in [1.29, 1.82) is 0 Å². The highest BCUT2D eigenvalue weighted by molar-refractivity contribution is 6.29. The Balaban J connectivity index is 0.000000219. The number of ether oxygens (including phenoxy) is 1. The van der Waals surface area contributed by atoms with Crippen molar-refractivity contribution in [3.63, 3.8) is 0 Å². The number of carbonyl (C=O) groups is 3. The van der Waals surface area contributed by atoms with Gasteiger partial charge in [-0.3, -0.25) is 29.1 Å². The first kappa shape index (κ1) is 41.6. The van der Waals surface area contributed by atoms with Crippen LogP contribution in [0.15, 0.2) is 109 Å². The van der Waals surface area contributed by atoms with Gasteiger partial charge in [-0.15, -0.1) is 0 Å². The molecule has 0 spiro atoms. The Labute approximate surface area is 336 Å². The Morgan fingerprint density at radius 1 is 0.714 bits per heavy atom. The van der Waals surface area contributed by atoms with Gasteiger partial charge in [0.15, 0.2) is 11.6 Å². The second kappa shape index (κ2) is 20.4. The van der Waals surface area contributed by atoms with Crippen molar-refractivity contribution in [2.24, 2.45) is 19.8 Å². The van der Waals surface area contributed by atoms with Crippen molar-refractivity contribution in [3.05, 3.63) is 142 Å². The molecule has 14 heteroatoms. The van der Waals surface area contributed by atoms with E-state index in [4.69, 9.17) is 33.7 Å². The summed E-state index contributed by atoms with van der Waals surface area (Å²) in [5, 5.41) is 12.8.